The second kappa shape index (κ2) is 6.85. The molecule has 0 aliphatic carbocycles. The van der Waals surface area contributed by atoms with E-state index in [1.165, 1.54) is 5.56 Å². The predicted octanol–water partition coefficient (Wildman–Crippen LogP) is 3.50. The van der Waals surface area contributed by atoms with Crippen molar-refractivity contribution in [3.05, 3.63) is 76.2 Å². The van der Waals surface area contributed by atoms with E-state index < -0.39 is 0 Å². The maximum Gasteiger partial charge on any atom is 0.263 e. The van der Waals surface area contributed by atoms with Crippen molar-refractivity contribution in [1.29, 1.82) is 0 Å². The van der Waals surface area contributed by atoms with Gasteiger partial charge < -0.3 is 0 Å². The summed E-state index contributed by atoms with van der Waals surface area (Å²) in [4.78, 5) is 12.8. The zero-order valence-corrected chi connectivity index (χ0v) is 15.6. The van der Waals surface area contributed by atoms with Crippen LogP contribution in [0.1, 0.15) is 27.2 Å². The molecule has 0 radical (unpaired) electrons. The molecule has 0 atom stereocenters. The minimum absolute atomic E-state index is 0.291. The molecule has 0 saturated carbocycles. The van der Waals surface area contributed by atoms with Gasteiger partial charge in [0.1, 0.15) is 5.15 Å². The fraction of sp³-hybridized carbons (Fsp3) is 0.158. The summed E-state index contributed by atoms with van der Waals surface area (Å²) in [7, 11) is 0. The number of nitrogens with one attached hydrogen (secondary N) is 1. The highest BCUT2D eigenvalue weighted by Crippen LogP contribution is 2.22. The van der Waals surface area contributed by atoms with E-state index in [1.807, 2.05) is 43.3 Å². The van der Waals surface area contributed by atoms with Gasteiger partial charge >= 0.3 is 0 Å². The van der Waals surface area contributed by atoms with Gasteiger partial charge in [0.2, 0.25) is 5.95 Å². The highest BCUT2D eigenvalue weighted by Gasteiger charge is 2.22. The molecule has 0 saturated heterocycles. The summed E-state index contributed by atoms with van der Waals surface area (Å²) in [5.41, 5.74) is 3.77. The molecule has 0 unspecified atom stereocenters. The Morgan fingerprint density at radius 3 is 2.67 bits per heavy atom. The van der Waals surface area contributed by atoms with Gasteiger partial charge in [-0.05, 0) is 31.5 Å². The molecule has 7 nitrogen and oxygen atoms in total. The number of carbonyl (C=O) groups is 1. The Kier molecular flexibility index (Phi) is 4.37. The fourth-order valence-electron chi connectivity index (χ4n) is 2.87. The van der Waals surface area contributed by atoms with Gasteiger partial charge in [-0.25, -0.2) is 4.68 Å². The summed E-state index contributed by atoms with van der Waals surface area (Å²) in [5.74, 6) is -0.0387. The molecular formula is C19H17ClN6O. The van der Waals surface area contributed by atoms with E-state index in [0.717, 1.165) is 5.56 Å². The van der Waals surface area contributed by atoms with Crippen LogP contribution in [0.3, 0.4) is 0 Å². The Hall–Kier alpha value is -3.19. The smallest absolute Gasteiger partial charge is 0.263 e. The Morgan fingerprint density at radius 2 is 1.89 bits per heavy atom. The summed E-state index contributed by atoms with van der Waals surface area (Å²) < 4.78 is 3.32. The quantitative estimate of drug-likeness (QED) is 0.587. The third-order valence-corrected chi connectivity index (χ3v) is 4.67. The lowest BCUT2D eigenvalue weighted by Gasteiger charge is -2.05. The molecule has 1 N–H and O–H groups in total. The normalized spacial score (nSPS) is 11.1. The van der Waals surface area contributed by atoms with Crippen molar-refractivity contribution in [3.8, 4) is 0 Å². The van der Waals surface area contributed by atoms with E-state index in [-0.39, 0.29) is 5.91 Å². The van der Waals surface area contributed by atoms with Gasteiger partial charge in [0.25, 0.3) is 5.91 Å². The van der Waals surface area contributed by atoms with E-state index in [4.69, 9.17) is 11.6 Å². The number of hydrogen-bond donors (Lipinski definition) is 1. The van der Waals surface area contributed by atoms with Crippen LogP contribution in [-0.4, -0.2) is 30.3 Å². The molecule has 27 heavy (non-hydrogen) atoms. The summed E-state index contributed by atoms with van der Waals surface area (Å²) >= 11 is 6.46. The van der Waals surface area contributed by atoms with Crippen molar-refractivity contribution in [2.45, 2.75) is 20.4 Å². The topological polar surface area (TPSA) is 77.1 Å². The molecule has 3 aromatic heterocycles. The molecule has 0 aliphatic rings. The minimum atomic E-state index is -0.370. The standard InChI is InChI=1S/C19H17ClN6O/c1-12-6-8-14(9-7-12)11-26-17(20)16(13(2)24-26)18(27)21-19-23-22-15-5-3-4-10-25(15)19/h3-10H,11H2,1-2H3,(H,21,23,27). The number of aryl methyl sites for hydroxylation is 2. The van der Waals surface area contributed by atoms with Gasteiger partial charge in [0.15, 0.2) is 5.65 Å². The van der Waals surface area contributed by atoms with E-state index >= 15 is 0 Å². The van der Waals surface area contributed by atoms with Gasteiger partial charge in [0, 0.05) is 6.20 Å². The molecule has 1 aromatic carbocycles. The number of benzene rings is 1. The van der Waals surface area contributed by atoms with Crippen molar-refractivity contribution in [3.63, 3.8) is 0 Å². The number of anilines is 1. The van der Waals surface area contributed by atoms with Crippen molar-refractivity contribution < 1.29 is 4.79 Å². The Labute approximate surface area is 160 Å². The van der Waals surface area contributed by atoms with Crippen LogP contribution >= 0.6 is 11.6 Å². The Bertz CT molecular complexity index is 1130. The SMILES string of the molecule is Cc1ccc(Cn2nc(C)c(C(=O)Nc3nnc4ccccn34)c2Cl)cc1. The summed E-state index contributed by atoms with van der Waals surface area (Å²) in [6, 6.07) is 13.6. The first-order chi connectivity index (χ1) is 13.0. The zero-order chi connectivity index (χ0) is 19.0. The Balaban J connectivity index is 1.60. The maximum absolute atomic E-state index is 12.8. The molecule has 136 valence electrons. The second-order valence-electron chi connectivity index (χ2n) is 6.30. The van der Waals surface area contributed by atoms with E-state index in [9.17, 15) is 4.79 Å². The molecule has 1 amide bonds. The third-order valence-electron chi connectivity index (χ3n) is 4.28. The molecule has 4 rings (SSSR count). The first-order valence-corrected chi connectivity index (χ1v) is 8.80. The zero-order valence-electron chi connectivity index (χ0n) is 14.8. The highest BCUT2D eigenvalue weighted by molar-refractivity contribution is 6.33. The van der Waals surface area contributed by atoms with Crippen molar-refractivity contribution in [2.24, 2.45) is 0 Å². The summed E-state index contributed by atoms with van der Waals surface area (Å²) in [6.45, 7) is 4.28. The van der Waals surface area contributed by atoms with Gasteiger partial charge in [-0.3, -0.25) is 14.5 Å². The van der Waals surface area contributed by atoms with Crippen LogP contribution in [0.2, 0.25) is 5.15 Å². The average Bonchev–Trinajstić information content (AvgIpc) is 3.18. The van der Waals surface area contributed by atoms with Crippen LogP contribution < -0.4 is 5.32 Å². The van der Waals surface area contributed by atoms with Gasteiger partial charge in [-0.15, -0.1) is 10.2 Å². The maximum atomic E-state index is 12.8. The van der Waals surface area contributed by atoms with Crippen LogP contribution in [-0.2, 0) is 6.54 Å². The molecule has 0 aliphatic heterocycles. The number of nitrogens with zero attached hydrogens (tertiary/aromatic N) is 5. The molecule has 0 bridgehead atoms. The van der Waals surface area contributed by atoms with E-state index in [0.29, 0.717) is 34.6 Å². The third kappa shape index (κ3) is 3.29. The van der Waals surface area contributed by atoms with Gasteiger partial charge in [-0.1, -0.05) is 47.5 Å². The first-order valence-electron chi connectivity index (χ1n) is 8.42. The molecular weight excluding hydrogens is 364 g/mol. The lowest BCUT2D eigenvalue weighted by molar-refractivity contribution is 0.102. The van der Waals surface area contributed by atoms with E-state index in [1.54, 1.807) is 28.3 Å². The van der Waals surface area contributed by atoms with Gasteiger partial charge in [0.05, 0.1) is 17.8 Å². The van der Waals surface area contributed by atoms with Gasteiger partial charge in [-0.2, -0.15) is 5.10 Å². The number of amides is 1. The lowest BCUT2D eigenvalue weighted by atomic mass is 10.1. The number of aromatic nitrogens is 5. The molecule has 3 heterocycles. The second-order valence-corrected chi connectivity index (χ2v) is 6.66. The number of halogens is 1. The van der Waals surface area contributed by atoms with E-state index in [2.05, 4.69) is 20.6 Å². The molecule has 8 heteroatoms. The molecule has 0 fully saturated rings. The van der Waals surface area contributed by atoms with Crippen molar-refractivity contribution in [1.82, 2.24) is 24.4 Å². The number of carbonyl (C=O) groups excluding carboxylic acids is 1. The van der Waals surface area contributed by atoms with Crippen LogP contribution in [0.15, 0.2) is 48.7 Å². The molecule has 4 aromatic rings. The number of pyridine rings is 1. The van der Waals surface area contributed by atoms with Crippen LogP contribution in [0.25, 0.3) is 5.65 Å². The number of rotatable bonds is 4. The fourth-order valence-corrected chi connectivity index (χ4v) is 3.19. The molecule has 0 spiro atoms. The van der Waals surface area contributed by atoms with Crippen LogP contribution in [0.4, 0.5) is 5.95 Å². The van der Waals surface area contributed by atoms with Crippen molar-refractivity contribution in [2.75, 3.05) is 5.32 Å². The minimum Gasteiger partial charge on any atom is -0.290 e. The number of fused-ring (bicyclic) bond motifs is 1. The summed E-state index contributed by atoms with van der Waals surface area (Å²) in [5, 5.41) is 15.5. The summed E-state index contributed by atoms with van der Waals surface area (Å²) in [6.07, 6.45) is 1.78. The monoisotopic (exact) mass is 380 g/mol. The first kappa shape index (κ1) is 17.2. The Morgan fingerprint density at radius 1 is 1.11 bits per heavy atom. The predicted molar refractivity (Wildman–Crippen MR) is 103 cm³/mol. The van der Waals surface area contributed by atoms with Crippen LogP contribution in [0, 0.1) is 13.8 Å². The number of hydrogen-bond acceptors (Lipinski definition) is 4. The highest BCUT2D eigenvalue weighted by atomic mass is 35.5. The average molecular weight is 381 g/mol. The van der Waals surface area contributed by atoms with Crippen molar-refractivity contribution >= 4 is 29.1 Å². The van der Waals surface area contributed by atoms with Crippen LogP contribution in [0.5, 0.6) is 0 Å². The largest absolute Gasteiger partial charge is 0.290 e. The lowest BCUT2D eigenvalue weighted by Crippen LogP contribution is -2.15.